The van der Waals surface area contributed by atoms with Crippen molar-refractivity contribution >= 4 is 16.7 Å². The largest absolute Gasteiger partial charge is 0.507 e. The van der Waals surface area contributed by atoms with Crippen LogP contribution in [0, 0.1) is 6.92 Å². The topological polar surface area (TPSA) is 74.2 Å². The number of rotatable bonds is 4. The number of fused-ring (bicyclic) bond motifs is 1. The first-order valence-corrected chi connectivity index (χ1v) is 12.0. The fourth-order valence-corrected chi connectivity index (χ4v) is 5.80. The Morgan fingerprint density at radius 2 is 1.70 bits per heavy atom. The van der Waals surface area contributed by atoms with Gasteiger partial charge in [-0.05, 0) is 102 Å². The van der Waals surface area contributed by atoms with Gasteiger partial charge in [-0.25, -0.2) is 0 Å². The smallest absolute Gasteiger partial charge is 0.151 e. The van der Waals surface area contributed by atoms with Crippen molar-refractivity contribution in [3.63, 3.8) is 0 Å². The van der Waals surface area contributed by atoms with Gasteiger partial charge in [-0.15, -0.1) is 10.2 Å². The van der Waals surface area contributed by atoms with E-state index in [4.69, 9.17) is 4.98 Å². The first kappa shape index (κ1) is 22.1. The van der Waals surface area contributed by atoms with Gasteiger partial charge < -0.3 is 15.3 Å². The molecule has 3 aromatic rings. The second kappa shape index (κ2) is 7.66. The van der Waals surface area contributed by atoms with Crippen LogP contribution in [0.25, 0.3) is 22.2 Å². The summed E-state index contributed by atoms with van der Waals surface area (Å²) in [6, 6.07) is 10.3. The van der Waals surface area contributed by atoms with Gasteiger partial charge in [0.05, 0.1) is 16.8 Å². The fraction of sp³-hybridized carbons (Fsp3) is 0.519. The highest BCUT2D eigenvalue weighted by molar-refractivity contribution is 5.98. The molecule has 0 radical (unpaired) electrons. The van der Waals surface area contributed by atoms with Crippen LogP contribution in [-0.2, 0) is 0 Å². The molecular weight excluding hydrogens is 410 g/mol. The number of aryl methyl sites for hydroxylation is 1. The number of nitrogens with one attached hydrogen (secondary N) is 1. The van der Waals surface area contributed by atoms with E-state index in [1.165, 1.54) is 18.4 Å². The molecular formula is C27H35N5O. The number of hydrogen-bond donors (Lipinski definition) is 2. The molecule has 1 aliphatic carbocycles. The summed E-state index contributed by atoms with van der Waals surface area (Å²) in [7, 11) is 2.11. The molecule has 0 spiro atoms. The zero-order valence-corrected chi connectivity index (χ0v) is 20.6. The average Bonchev–Trinajstić information content (AvgIpc) is 3.56. The summed E-state index contributed by atoms with van der Waals surface area (Å²) in [6.45, 7) is 11.1. The van der Waals surface area contributed by atoms with E-state index in [-0.39, 0.29) is 16.8 Å². The lowest BCUT2D eigenvalue weighted by Gasteiger charge is -2.49. The molecule has 2 N–H and O–H groups in total. The van der Waals surface area contributed by atoms with Crippen LogP contribution in [0.4, 0.5) is 5.82 Å². The molecule has 6 heteroatoms. The number of benzene rings is 1. The zero-order valence-electron chi connectivity index (χ0n) is 20.6. The summed E-state index contributed by atoms with van der Waals surface area (Å²) in [5.41, 5.74) is 4.56. The summed E-state index contributed by atoms with van der Waals surface area (Å²) in [6.07, 6.45) is 4.51. The highest BCUT2D eigenvalue weighted by Crippen LogP contribution is 2.45. The van der Waals surface area contributed by atoms with Gasteiger partial charge in [0, 0.05) is 35.2 Å². The Hall–Kier alpha value is -2.73. The molecule has 6 nitrogen and oxygen atoms in total. The third kappa shape index (κ3) is 4.29. The third-order valence-electron chi connectivity index (χ3n) is 7.12. The maximum atomic E-state index is 10.8. The van der Waals surface area contributed by atoms with Crippen molar-refractivity contribution in [2.24, 2.45) is 0 Å². The third-order valence-corrected chi connectivity index (χ3v) is 7.12. The van der Waals surface area contributed by atoms with Crippen LogP contribution in [-0.4, -0.2) is 44.5 Å². The predicted molar refractivity (Wildman–Crippen MR) is 134 cm³/mol. The Bertz CT molecular complexity index is 1180. The fourth-order valence-electron chi connectivity index (χ4n) is 5.80. The van der Waals surface area contributed by atoms with Crippen molar-refractivity contribution in [2.45, 2.75) is 83.3 Å². The number of hydrogen-bond acceptors (Lipinski definition) is 6. The summed E-state index contributed by atoms with van der Waals surface area (Å²) in [5.74, 6) is 1.64. The highest BCUT2D eigenvalue weighted by Gasteiger charge is 2.39. The van der Waals surface area contributed by atoms with Crippen molar-refractivity contribution in [3.05, 3.63) is 41.6 Å². The van der Waals surface area contributed by atoms with Crippen LogP contribution in [0.3, 0.4) is 0 Å². The molecule has 0 atom stereocenters. The van der Waals surface area contributed by atoms with Crippen LogP contribution in [0.2, 0.25) is 0 Å². The van der Waals surface area contributed by atoms with Crippen molar-refractivity contribution < 1.29 is 5.11 Å². The lowest BCUT2D eigenvalue weighted by molar-refractivity contribution is 0.160. The van der Waals surface area contributed by atoms with Gasteiger partial charge >= 0.3 is 0 Å². The minimum Gasteiger partial charge on any atom is -0.507 e. The van der Waals surface area contributed by atoms with E-state index in [1.54, 1.807) is 6.07 Å². The number of phenolic OH excluding ortho intramolecular Hbond substituents is 1. The number of aromatic hydroxyl groups is 1. The molecule has 1 saturated carbocycles. The van der Waals surface area contributed by atoms with E-state index >= 15 is 0 Å². The van der Waals surface area contributed by atoms with Crippen molar-refractivity contribution in [1.82, 2.24) is 20.5 Å². The molecule has 1 aliphatic heterocycles. The standard InChI is InChI=1S/C27H35N5O/c1-16-13-20(17-7-8-17)19-9-11-22(33)24(25(19)28-16)21-10-12-23(30-29-21)32(6)18-14-26(2,3)31-27(4,5)15-18/h9-13,17-18,31,33H,7-8,14-15H2,1-6H3. The summed E-state index contributed by atoms with van der Waals surface area (Å²) < 4.78 is 0. The minimum atomic E-state index is 0.0611. The van der Waals surface area contributed by atoms with Gasteiger partial charge in [0.2, 0.25) is 0 Å². The number of phenols is 1. The number of pyridine rings is 1. The second-order valence-electron chi connectivity index (χ2n) is 11.3. The maximum Gasteiger partial charge on any atom is 0.151 e. The predicted octanol–water partition coefficient (Wildman–Crippen LogP) is 5.33. The lowest BCUT2D eigenvalue weighted by atomic mass is 9.79. The Labute approximate surface area is 196 Å². The maximum absolute atomic E-state index is 10.8. The molecule has 0 amide bonds. The number of nitrogens with zero attached hydrogens (tertiary/aromatic N) is 4. The van der Waals surface area contributed by atoms with Crippen LogP contribution < -0.4 is 10.2 Å². The zero-order chi connectivity index (χ0) is 23.5. The molecule has 174 valence electrons. The van der Waals surface area contributed by atoms with E-state index in [1.807, 2.05) is 25.1 Å². The van der Waals surface area contributed by atoms with Crippen LogP contribution in [0.5, 0.6) is 5.75 Å². The monoisotopic (exact) mass is 445 g/mol. The van der Waals surface area contributed by atoms with Crippen LogP contribution in [0.1, 0.15) is 70.6 Å². The quantitative estimate of drug-likeness (QED) is 0.565. The van der Waals surface area contributed by atoms with Gasteiger partial charge in [-0.1, -0.05) is 0 Å². The Balaban J connectivity index is 1.50. The SMILES string of the molecule is Cc1cc(C2CC2)c2ccc(O)c(-c3ccc(N(C)C4CC(C)(C)NC(C)(C)C4)nn3)c2n1. The van der Waals surface area contributed by atoms with Gasteiger partial charge in [0.1, 0.15) is 5.75 Å². The van der Waals surface area contributed by atoms with Crippen molar-refractivity contribution in [3.8, 4) is 17.0 Å². The first-order valence-electron chi connectivity index (χ1n) is 12.0. The summed E-state index contributed by atoms with van der Waals surface area (Å²) in [5, 5.41) is 24.8. The molecule has 1 saturated heterocycles. The van der Waals surface area contributed by atoms with Gasteiger partial charge in [0.25, 0.3) is 0 Å². The summed E-state index contributed by atoms with van der Waals surface area (Å²) >= 11 is 0. The van der Waals surface area contributed by atoms with Gasteiger partial charge in [-0.3, -0.25) is 4.98 Å². The number of aromatic nitrogens is 3. The lowest BCUT2D eigenvalue weighted by Crippen LogP contribution is -2.62. The molecule has 2 fully saturated rings. The molecule has 3 heterocycles. The Morgan fingerprint density at radius 1 is 1.00 bits per heavy atom. The number of piperidine rings is 1. The molecule has 0 unspecified atom stereocenters. The molecule has 2 aromatic heterocycles. The second-order valence-corrected chi connectivity index (χ2v) is 11.3. The average molecular weight is 446 g/mol. The Morgan fingerprint density at radius 3 is 2.30 bits per heavy atom. The first-order chi connectivity index (χ1) is 15.5. The van der Waals surface area contributed by atoms with E-state index < -0.39 is 0 Å². The van der Waals surface area contributed by atoms with E-state index in [0.29, 0.717) is 23.2 Å². The van der Waals surface area contributed by atoms with Crippen LogP contribution in [0.15, 0.2) is 30.3 Å². The van der Waals surface area contributed by atoms with Crippen molar-refractivity contribution in [1.29, 1.82) is 0 Å². The highest BCUT2D eigenvalue weighted by atomic mass is 16.3. The van der Waals surface area contributed by atoms with Crippen molar-refractivity contribution in [2.75, 3.05) is 11.9 Å². The number of anilines is 1. The molecule has 5 rings (SSSR count). The van der Waals surface area contributed by atoms with E-state index in [2.05, 4.69) is 61.2 Å². The molecule has 1 aromatic carbocycles. The Kier molecular flexibility index (Phi) is 5.12. The molecule has 2 aliphatic rings. The molecule has 0 bridgehead atoms. The van der Waals surface area contributed by atoms with E-state index in [9.17, 15) is 5.11 Å². The summed E-state index contributed by atoms with van der Waals surface area (Å²) in [4.78, 5) is 7.05. The van der Waals surface area contributed by atoms with Gasteiger partial charge in [-0.2, -0.15) is 0 Å². The van der Waals surface area contributed by atoms with Crippen LogP contribution >= 0.6 is 0 Å². The van der Waals surface area contributed by atoms with Gasteiger partial charge in [0.15, 0.2) is 5.82 Å². The van der Waals surface area contributed by atoms with E-state index in [0.717, 1.165) is 35.3 Å². The molecule has 33 heavy (non-hydrogen) atoms. The minimum absolute atomic E-state index is 0.0611. The normalized spacial score (nSPS) is 20.2.